The van der Waals surface area contributed by atoms with E-state index in [9.17, 15) is 0 Å². The molecule has 3 rings (SSSR count). The van der Waals surface area contributed by atoms with Crippen LogP contribution >= 0.6 is 0 Å². The molecule has 1 aliphatic heterocycles. The second-order valence-corrected chi connectivity index (χ2v) is 9.06. The topological polar surface area (TPSA) is 12.4 Å². The van der Waals surface area contributed by atoms with Crippen molar-refractivity contribution in [1.82, 2.24) is 0 Å². The molecule has 0 aliphatic carbocycles. The molecule has 0 atom stereocenters. The summed E-state index contributed by atoms with van der Waals surface area (Å²) in [5.41, 5.74) is 5.06. The third kappa shape index (κ3) is 3.33. The third-order valence-corrected chi connectivity index (χ3v) is 5.08. The molecule has 1 heteroatoms. The SMILES string of the molecule is CC(C)(C)c1ccc(C2(c3ccc(C(C)(C)C)cc3)C=CC=N2)cc1. The van der Waals surface area contributed by atoms with Gasteiger partial charge in [-0.2, -0.15) is 0 Å². The van der Waals surface area contributed by atoms with Crippen molar-refractivity contribution in [3.05, 3.63) is 82.9 Å². The van der Waals surface area contributed by atoms with Gasteiger partial charge >= 0.3 is 0 Å². The summed E-state index contributed by atoms with van der Waals surface area (Å²) in [6, 6.07) is 17.9. The highest BCUT2D eigenvalue weighted by Crippen LogP contribution is 2.39. The lowest BCUT2D eigenvalue weighted by molar-refractivity contribution is 0.587. The predicted molar refractivity (Wildman–Crippen MR) is 109 cm³/mol. The Labute approximate surface area is 152 Å². The summed E-state index contributed by atoms with van der Waals surface area (Å²) in [5, 5.41) is 0. The van der Waals surface area contributed by atoms with Gasteiger partial charge in [-0.15, -0.1) is 0 Å². The summed E-state index contributed by atoms with van der Waals surface area (Å²) in [6.07, 6.45) is 6.16. The van der Waals surface area contributed by atoms with Gasteiger partial charge in [0.25, 0.3) is 0 Å². The van der Waals surface area contributed by atoms with Gasteiger partial charge in [-0.1, -0.05) is 90.1 Å². The van der Waals surface area contributed by atoms with Gasteiger partial charge in [0.1, 0.15) is 5.54 Å². The van der Waals surface area contributed by atoms with Crippen LogP contribution in [0.4, 0.5) is 0 Å². The molecular weight excluding hydrogens is 302 g/mol. The van der Waals surface area contributed by atoms with Crippen molar-refractivity contribution in [3.63, 3.8) is 0 Å². The molecule has 0 saturated carbocycles. The molecule has 1 aliphatic rings. The van der Waals surface area contributed by atoms with E-state index in [0.717, 1.165) is 0 Å². The van der Waals surface area contributed by atoms with Crippen molar-refractivity contribution >= 4 is 6.21 Å². The van der Waals surface area contributed by atoms with Gasteiger partial charge in [0, 0.05) is 6.21 Å². The maximum Gasteiger partial charge on any atom is 0.129 e. The maximum atomic E-state index is 4.86. The zero-order chi connectivity index (χ0) is 18.3. The van der Waals surface area contributed by atoms with E-state index in [2.05, 4.69) is 102 Å². The van der Waals surface area contributed by atoms with E-state index in [1.807, 2.05) is 6.21 Å². The Hall–Kier alpha value is -2.15. The van der Waals surface area contributed by atoms with Crippen LogP contribution in [0.2, 0.25) is 0 Å². The molecule has 0 radical (unpaired) electrons. The van der Waals surface area contributed by atoms with Crippen molar-refractivity contribution in [2.75, 3.05) is 0 Å². The molecule has 0 unspecified atom stereocenters. The molecule has 0 saturated heterocycles. The van der Waals surface area contributed by atoms with Crippen LogP contribution in [-0.4, -0.2) is 6.21 Å². The van der Waals surface area contributed by atoms with E-state index in [-0.39, 0.29) is 10.8 Å². The first kappa shape index (κ1) is 17.7. The Morgan fingerprint density at radius 1 is 0.640 bits per heavy atom. The van der Waals surface area contributed by atoms with Crippen LogP contribution in [0.3, 0.4) is 0 Å². The zero-order valence-electron chi connectivity index (χ0n) is 16.3. The second-order valence-electron chi connectivity index (χ2n) is 9.06. The van der Waals surface area contributed by atoms with Crippen molar-refractivity contribution in [2.24, 2.45) is 4.99 Å². The summed E-state index contributed by atoms with van der Waals surface area (Å²) in [4.78, 5) is 4.86. The smallest absolute Gasteiger partial charge is 0.129 e. The molecule has 1 nitrogen and oxygen atoms in total. The van der Waals surface area contributed by atoms with Gasteiger partial charge in [0.05, 0.1) is 0 Å². The number of nitrogens with zero attached hydrogens (tertiary/aromatic N) is 1. The molecule has 0 amide bonds. The van der Waals surface area contributed by atoms with Crippen LogP contribution in [0, 0.1) is 0 Å². The van der Waals surface area contributed by atoms with Gasteiger partial charge < -0.3 is 0 Å². The lowest BCUT2D eigenvalue weighted by atomic mass is 9.79. The second kappa shape index (κ2) is 5.98. The molecule has 0 bridgehead atoms. The molecule has 0 aromatic heterocycles. The quantitative estimate of drug-likeness (QED) is 0.624. The van der Waals surface area contributed by atoms with Crippen LogP contribution in [0.15, 0.2) is 65.7 Å². The van der Waals surface area contributed by atoms with Gasteiger partial charge in [-0.25, -0.2) is 0 Å². The number of allylic oxidation sites excluding steroid dienone is 1. The molecular formula is C24H29N. The Bertz CT molecular complexity index is 720. The van der Waals surface area contributed by atoms with E-state index in [1.54, 1.807) is 0 Å². The van der Waals surface area contributed by atoms with Crippen molar-refractivity contribution in [2.45, 2.75) is 57.9 Å². The van der Waals surface area contributed by atoms with E-state index in [1.165, 1.54) is 22.3 Å². The molecule has 130 valence electrons. The molecule has 0 N–H and O–H groups in total. The summed E-state index contributed by atoms with van der Waals surface area (Å²) >= 11 is 0. The monoisotopic (exact) mass is 331 g/mol. The molecule has 2 aromatic carbocycles. The van der Waals surface area contributed by atoms with Gasteiger partial charge in [-0.05, 0) is 45.2 Å². The Morgan fingerprint density at radius 3 is 1.32 bits per heavy atom. The number of hydrogen-bond donors (Lipinski definition) is 0. The highest BCUT2D eigenvalue weighted by atomic mass is 14.9. The van der Waals surface area contributed by atoms with Crippen LogP contribution in [0.25, 0.3) is 0 Å². The highest BCUT2D eigenvalue weighted by molar-refractivity contribution is 5.77. The molecule has 2 aromatic rings. The number of aliphatic imine (C=N–C) groups is 1. The fraction of sp³-hybridized carbons (Fsp3) is 0.375. The van der Waals surface area contributed by atoms with E-state index < -0.39 is 5.54 Å². The molecule has 25 heavy (non-hydrogen) atoms. The fourth-order valence-corrected chi connectivity index (χ4v) is 3.34. The lowest BCUT2D eigenvalue weighted by Gasteiger charge is -2.28. The van der Waals surface area contributed by atoms with Gasteiger partial charge in [0.15, 0.2) is 0 Å². The molecule has 1 heterocycles. The number of rotatable bonds is 2. The van der Waals surface area contributed by atoms with E-state index in [0.29, 0.717) is 0 Å². The van der Waals surface area contributed by atoms with Crippen molar-refractivity contribution < 1.29 is 0 Å². The van der Waals surface area contributed by atoms with Crippen LogP contribution in [-0.2, 0) is 16.4 Å². The number of benzene rings is 2. The largest absolute Gasteiger partial charge is 0.273 e. The number of hydrogen-bond acceptors (Lipinski definition) is 1. The van der Waals surface area contributed by atoms with Crippen LogP contribution in [0.1, 0.15) is 63.8 Å². The van der Waals surface area contributed by atoms with Gasteiger partial charge in [-0.3, -0.25) is 4.99 Å². The average Bonchev–Trinajstić information content (AvgIpc) is 3.04. The normalized spacial score (nSPS) is 16.4. The van der Waals surface area contributed by atoms with E-state index in [4.69, 9.17) is 4.99 Å². The Balaban J connectivity index is 2.03. The summed E-state index contributed by atoms with van der Waals surface area (Å²) in [5.74, 6) is 0. The minimum atomic E-state index is -0.396. The Morgan fingerprint density at radius 2 is 1.04 bits per heavy atom. The van der Waals surface area contributed by atoms with Crippen molar-refractivity contribution in [3.8, 4) is 0 Å². The average molecular weight is 332 g/mol. The van der Waals surface area contributed by atoms with E-state index >= 15 is 0 Å². The van der Waals surface area contributed by atoms with Crippen molar-refractivity contribution in [1.29, 1.82) is 0 Å². The van der Waals surface area contributed by atoms with Crippen LogP contribution in [0.5, 0.6) is 0 Å². The Kier molecular flexibility index (Phi) is 4.23. The predicted octanol–water partition coefficient (Wildman–Crippen LogP) is 6.17. The standard InChI is InChI=1S/C24H29N/c1-22(2,3)18-8-12-20(13-9-18)24(16-7-17-25-24)21-14-10-19(11-15-21)23(4,5)6/h7-17H,1-6H3. The lowest BCUT2D eigenvalue weighted by Crippen LogP contribution is -2.22. The first-order valence-corrected chi connectivity index (χ1v) is 9.08. The maximum absolute atomic E-state index is 4.86. The summed E-state index contributed by atoms with van der Waals surface area (Å²) in [7, 11) is 0. The summed E-state index contributed by atoms with van der Waals surface area (Å²) < 4.78 is 0. The van der Waals surface area contributed by atoms with Crippen LogP contribution < -0.4 is 0 Å². The minimum absolute atomic E-state index is 0.162. The molecule has 0 spiro atoms. The first-order valence-electron chi connectivity index (χ1n) is 9.08. The highest BCUT2D eigenvalue weighted by Gasteiger charge is 2.33. The minimum Gasteiger partial charge on any atom is -0.273 e. The fourth-order valence-electron chi connectivity index (χ4n) is 3.34. The van der Waals surface area contributed by atoms with Gasteiger partial charge in [0.2, 0.25) is 0 Å². The zero-order valence-corrected chi connectivity index (χ0v) is 16.3. The summed E-state index contributed by atoms with van der Waals surface area (Å²) in [6.45, 7) is 13.5. The third-order valence-electron chi connectivity index (χ3n) is 5.08. The first-order chi connectivity index (χ1) is 11.6. The molecule has 0 fully saturated rings.